The third-order valence-corrected chi connectivity index (χ3v) is 5.38. The number of fused-ring (bicyclic) bond motifs is 2. The van der Waals surface area contributed by atoms with E-state index in [2.05, 4.69) is 5.32 Å². The van der Waals surface area contributed by atoms with Crippen molar-refractivity contribution in [3.63, 3.8) is 0 Å². The minimum Gasteiger partial charge on any atom is -0.486 e. The summed E-state index contributed by atoms with van der Waals surface area (Å²) in [5, 5.41) is 3.28. The number of hydrogen-bond acceptors (Lipinski definition) is 5. The standard InChI is InChI=1S/C19H24N2O4/c22-18-14-5-1-2-6-15(14)19(23)21(18)10-9-20-11-13-12-24-16-7-3-4-8-17(16)25-13/h3-4,7-8,13-15,20H,1-2,5-6,9-12H2/t13?,14-,15+. The van der Waals surface area contributed by atoms with E-state index in [1.54, 1.807) is 0 Å². The quantitative estimate of drug-likeness (QED) is 0.649. The van der Waals surface area contributed by atoms with E-state index in [0.717, 1.165) is 37.2 Å². The number of carbonyl (C=O) groups excluding carboxylic acids is 2. The monoisotopic (exact) mass is 344 g/mol. The Morgan fingerprint density at radius 1 is 1.04 bits per heavy atom. The lowest BCUT2D eigenvalue weighted by atomic mass is 9.81. The van der Waals surface area contributed by atoms with E-state index >= 15 is 0 Å². The van der Waals surface area contributed by atoms with Crippen molar-refractivity contribution in [1.82, 2.24) is 10.2 Å². The number of carbonyl (C=O) groups is 2. The van der Waals surface area contributed by atoms with Gasteiger partial charge < -0.3 is 14.8 Å². The second kappa shape index (κ2) is 7.04. The molecule has 0 spiro atoms. The van der Waals surface area contributed by atoms with E-state index in [-0.39, 0.29) is 29.8 Å². The van der Waals surface area contributed by atoms with Crippen molar-refractivity contribution >= 4 is 11.8 Å². The van der Waals surface area contributed by atoms with Gasteiger partial charge >= 0.3 is 0 Å². The average Bonchev–Trinajstić information content (AvgIpc) is 2.90. The van der Waals surface area contributed by atoms with Crippen LogP contribution < -0.4 is 14.8 Å². The highest BCUT2D eigenvalue weighted by molar-refractivity contribution is 6.05. The van der Waals surface area contributed by atoms with E-state index in [1.807, 2.05) is 24.3 Å². The highest BCUT2D eigenvalue weighted by Crippen LogP contribution is 2.37. The summed E-state index contributed by atoms with van der Waals surface area (Å²) in [6.07, 6.45) is 3.79. The number of benzene rings is 1. The van der Waals surface area contributed by atoms with Crippen molar-refractivity contribution < 1.29 is 19.1 Å². The summed E-state index contributed by atoms with van der Waals surface area (Å²) in [5.74, 6) is 1.47. The number of ether oxygens (including phenoxy) is 2. The Balaban J connectivity index is 1.24. The molecular weight excluding hydrogens is 320 g/mol. The molecule has 0 bridgehead atoms. The van der Waals surface area contributed by atoms with E-state index in [0.29, 0.717) is 26.2 Å². The first-order chi connectivity index (χ1) is 12.2. The van der Waals surface area contributed by atoms with Gasteiger partial charge in [-0.2, -0.15) is 0 Å². The SMILES string of the molecule is O=C1[C@H]2CCCC[C@H]2C(=O)N1CCNCC1COc2ccccc2O1. The molecule has 6 nitrogen and oxygen atoms in total. The first-order valence-electron chi connectivity index (χ1n) is 9.18. The Kier molecular flexibility index (Phi) is 4.61. The zero-order chi connectivity index (χ0) is 17.2. The van der Waals surface area contributed by atoms with E-state index < -0.39 is 0 Å². The third-order valence-electron chi connectivity index (χ3n) is 5.38. The first kappa shape index (κ1) is 16.4. The molecule has 134 valence electrons. The van der Waals surface area contributed by atoms with Gasteiger partial charge in [0.1, 0.15) is 12.7 Å². The highest BCUT2D eigenvalue weighted by atomic mass is 16.6. The fourth-order valence-electron chi connectivity index (χ4n) is 4.07. The van der Waals surface area contributed by atoms with Crippen LogP contribution in [0.25, 0.3) is 0 Å². The Bertz CT molecular complexity index is 639. The molecule has 3 atom stereocenters. The molecule has 6 heteroatoms. The fourth-order valence-corrected chi connectivity index (χ4v) is 4.07. The van der Waals surface area contributed by atoms with Crippen LogP contribution in [0, 0.1) is 11.8 Å². The Labute approximate surface area is 147 Å². The molecule has 1 unspecified atom stereocenters. The van der Waals surface area contributed by atoms with Crippen LogP contribution in [0.3, 0.4) is 0 Å². The third kappa shape index (κ3) is 3.23. The zero-order valence-electron chi connectivity index (χ0n) is 14.3. The van der Waals surface area contributed by atoms with E-state index in [1.165, 1.54) is 4.90 Å². The predicted octanol–water partition coefficient (Wildman–Crippen LogP) is 1.59. The smallest absolute Gasteiger partial charge is 0.233 e. The van der Waals surface area contributed by atoms with Crippen molar-refractivity contribution in [1.29, 1.82) is 0 Å². The van der Waals surface area contributed by atoms with Crippen LogP contribution in [-0.4, -0.2) is 49.1 Å². The highest BCUT2D eigenvalue weighted by Gasteiger charge is 2.47. The maximum Gasteiger partial charge on any atom is 0.233 e. The van der Waals surface area contributed by atoms with Crippen LogP contribution in [-0.2, 0) is 9.59 Å². The molecule has 1 saturated heterocycles. The summed E-state index contributed by atoms with van der Waals surface area (Å²) in [5.41, 5.74) is 0. The Morgan fingerprint density at radius 3 is 2.44 bits per heavy atom. The lowest BCUT2D eigenvalue weighted by Crippen LogP contribution is -2.42. The molecule has 1 aliphatic carbocycles. The molecule has 1 N–H and O–H groups in total. The van der Waals surface area contributed by atoms with Crippen molar-refractivity contribution in [3.8, 4) is 11.5 Å². The van der Waals surface area contributed by atoms with Crippen molar-refractivity contribution in [2.75, 3.05) is 26.2 Å². The lowest BCUT2D eigenvalue weighted by Gasteiger charge is -2.26. The molecule has 1 aromatic carbocycles. The van der Waals surface area contributed by atoms with Crippen LogP contribution in [0.5, 0.6) is 11.5 Å². The molecule has 2 heterocycles. The second-order valence-electron chi connectivity index (χ2n) is 7.03. The second-order valence-corrected chi connectivity index (χ2v) is 7.03. The number of nitrogens with one attached hydrogen (secondary N) is 1. The minimum atomic E-state index is -0.0672. The van der Waals surface area contributed by atoms with Crippen molar-refractivity contribution in [2.45, 2.75) is 31.8 Å². The van der Waals surface area contributed by atoms with Gasteiger partial charge in [0.15, 0.2) is 11.5 Å². The van der Waals surface area contributed by atoms with Gasteiger partial charge in [-0.15, -0.1) is 0 Å². The number of amides is 2. The maximum atomic E-state index is 12.4. The van der Waals surface area contributed by atoms with E-state index in [9.17, 15) is 9.59 Å². The largest absolute Gasteiger partial charge is 0.486 e. The summed E-state index contributed by atoms with van der Waals surface area (Å²) in [7, 11) is 0. The van der Waals surface area contributed by atoms with Crippen LogP contribution in [0.1, 0.15) is 25.7 Å². The fraction of sp³-hybridized carbons (Fsp3) is 0.579. The van der Waals surface area contributed by atoms with Crippen LogP contribution in [0.2, 0.25) is 0 Å². The Morgan fingerprint density at radius 2 is 1.72 bits per heavy atom. The lowest BCUT2D eigenvalue weighted by molar-refractivity contribution is -0.139. The van der Waals surface area contributed by atoms with Gasteiger partial charge in [-0.3, -0.25) is 14.5 Å². The first-order valence-corrected chi connectivity index (χ1v) is 9.18. The van der Waals surface area contributed by atoms with Gasteiger partial charge in [0.25, 0.3) is 0 Å². The Hall–Kier alpha value is -2.08. The summed E-state index contributed by atoms with van der Waals surface area (Å²) in [4.78, 5) is 26.3. The molecule has 0 radical (unpaired) electrons. The average molecular weight is 344 g/mol. The molecule has 25 heavy (non-hydrogen) atoms. The number of nitrogens with zero attached hydrogens (tertiary/aromatic N) is 1. The van der Waals surface area contributed by atoms with Gasteiger partial charge in [0, 0.05) is 19.6 Å². The van der Waals surface area contributed by atoms with Crippen LogP contribution in [0.4, 0.5) is 0 Å². The normalized spacial score (nSPS) is 28.2. The summed E-state index contributed by atoms with van der Waals surface area (Å²) in [6, 6.07) is 7.62. The number of rotatable bonds is 5. The van der Waals surface area contributed by atoms with Crippen molar-refractivity contribution in [2.24, 2.45) is 11.8 Å². The van der Waals surface area contributed by atoms with Gasteiger partial charge in [0.2, 0.25) is 11.8 Å². The molecular formula is C19H24N2O4. The number of likely N-dealkylation sites (tertiary alicyclic amines) is 1. The molecule has 2 aliphatic heterocycles. The summed E-state index contributed by atoms with van der Waals surface area (Å²) >= 11 is 0. The zero-order valence-corrected chi connectivity index (χ0v) is 14.3. The topological polar surface area (TPSA) is 67.9 Å². The van der Waals surface area contributed by atoms with Gasteiger partial charge in [-0.1, -0.05) is 25.0 Å². The molecule has 2 amide bonds. The molecule has 2 fully saturated rings. The molecule has 4 rings (SSSR count). The summed E-state index contributed by atoms with van der Waals surface area (Å²) in [6.45, 7) is 2.14. The van der Waals surface area contributed by atoms with E-state index in [4.69, 9.17) is 9.47 Å². The molecule has 0 aromatic heterocycles. The van der Waals surface area contributed by atoms with Gasteiger partial charge in [-0.05, 0) is 25.0 Å². The van der Waals surface area contributed by atoms with Gasteiger partial charge in [-0.25, -0.2) is 0 Å². The number of imide groups is 1. The number of para-hydroxylation sites is 2. The van der Waals surface area contributed by atoms with Crippen LogP contribution >= 0.6 is 0 Å². The minimum absolute atomic E-state index is 0.0303. The van der Waals surface area contributed by atoms with Crippen molar-refractivity contribution in [3.05, 3.63) is 24.3 Å². The summed E-state index contributed by atoms with van der Waals surface area (Å²) < 4.78 is 11.6. The van der Waals surface area contributed by atoms with Crippen LogP contribution in [0.15, 0.2) is 24.3 Å². The number of hydrogen-bond donors (Lipinski definition) is 1. The van der Waals surface area contributed by atoms with Gasteiger partial charge in [0.05, 0.1) is 11.8 Å². The molecule has 1 saturated carbocycles. The predicted molar refractivity (Wildman–Crippen MR) is 91.4 cm³/mol. The molecule has 3 aliphatic rings. The maximum absolute atomic E-state index is 12.4. The molecule has 1 aromatic rings.